The van der Waals surface area contributed by atoms with E-state index in [0.717, 1.165) is 11.3 Å². The summed E-state index contributed by atoms with van der Waals surface area (Å²) in [5.74, 6) is 0. The molecular formula is C19H18N2. The molecule has 0 amide bonds. The van der Waals surface area contributed by atoms with Gasteiger partial charge >= 0.3 is 0 Å². The molecule has 0 aliphatic heterocycles. The summed E-state index contributed by atoms with van der Waals surface area (Å²) in [7, 11) is 0. The van der Waals surface area contributed by atoms with E-state index in [2.05, 4.69) is 73.6 Å². The molecule has 0 atom stereocenters. The zero-order valence-corrected chi connectivity index (χ0v) is 12.3. The molecule has 3 rings (SSSR count). The van der Waals surface area contributed by atoms with Crippen molar-refractivity contribution in [3.05, 3.63) is 83.2 Å². The minimum absolute atomic E-state index is 1.10. The second-order valence-corrected chi connectivity index (χ2v) is 5.26. The van der Waals surface area contributed by atoms with Gasteiger partial charge in [-0.05, 0) is 37.1 Å². The first-order valence-corrected chi connectivity index (χ1v) is 7.08. The van der Waals surface area contributed by atoms with Crippen molar-refractivity contribution in [3.63, 3.8) is 0 Å². The molecule has 1 aromatic heterocycles. The Labute approximate surface area is 125 Å². The van der Waals surface area contributed by atoms with Crippen LogP contribution in [0.4, 0.5) is 0 Å². The van der Waals surface area contributed by atoms with Crippen LogP contribution < -0.4 is 0 Å². The third-order valence-corrected chi connectivity index (χ3v) is 3.47. The van der Waals surface area contributed by atoms with Crippen LogP contribution in [0, 0.1) is 13.8 Å². The molecule has 0 N–H and O–H groups in total. The van der Waals surface area contributed by atoms with Crippen molar-refractivity contribution in [1.82, 2.24) is 9.78 Å². The highest BCUT2D eigenvalue weighted by Crippen LogP contribution is 2.19. The summed E-state index contributed by atoms with van der Waals surface area (Å²) in [5.41, 5.74) is 5.97. The Bertz CT molecular complexity index is 751. The molecule has 0 aliphatic carbocycles. The van der Waals surface area contributed by atoms with Crippen LogP contribution in [0.15, 0.2) is 60.9 Å². The van der Waals surface area contributed by atoms with E-state index in [9.17, 15) is 0 Å². The van der Waals surface area contributed by atoms with Gasteiger partial charge in [0.05, 0.1) is 5.69 Å². The van der Waals surface area contributed by atoms with Gasteiger partial charge in [0.2, 0.25) is 0 Å². The fourth-order valence-electron chi connectivity index (χ4n) is 2.27. The van der Waals surface area contributed by atoms with Crippen LogP contribution in [-0.4, -0.2) is 9.78 Å². The summed E-state index contributed by atoms with van der Waals surface area (Å²) in [5, 5.41) is 4.34. The van der Waals surface area contributed by atoms with Crippen molar-refractivity contribution in [2.45, 2.75) is 13.8 Å². The Balaban J connectivity index is 1.97. The van der Waals surface area contributed by atoms with E-state index in [1.807, 2.05) is 16.9 Å². The molecule has 0 saturated heterocycles. The van der Waals surface area contributed by atoms with Crippen LogP contribution in [0.5, 0.6) is 0 Å². The maximum atomic E-state index is 4.34. The van der Waals surface area contributed by atoms with Crippen molar-refractivity contribution in [1.29, 1.82) is 0 Å². The van der Waals surface area contributed by atoms with E-state index in [1.165, 1.54) is 16.7 Å². The zero-order chi connectivity index (χ0) is 14.7. The van der Waals surface area contributed by atoms with Crippen LogP contribution in [0.2, 0.25) is 0 Å². The molecule has 2 aromatic carbocycles. The summed E-state index contributed by atoms with van der Waals surface area (Å²) in [6, 6.07) is 16.9. The van der Waals surface area contributed by atoms with Gasteiger partial charge in [0.15, 0.2) is 0 Å². The number of benzene rings is 2. The van der Waals surface area contributed by atoms with Gasteiger partial charge in [0.25, 0.3) is 0 Å². The Kier molecular flexibility index (Phi) is 3.69. The monoisotopic (exact) mass is 274 g/mol. The maximum absolute atomic E-state index is 4.34. The Morgan fingerprint density at radius 3 is 2.38 bits per heavy atom. The lowest BCUT2D eigenvalue weighted by Crippen LogP contribution is -1.97. The minimum atomic E-state index is 1.10. The number of hydrogen-bond acceptors (Lipinski definition) is 1. The second kappa shape index (κ2) is 5.80. The molecule has 0 saturated carbocycles. The second-order valence-electron chi connectivity index (χ2n) is 5.26. The van der Waals surface area contributed by atoms with Gasteiger partial charge in [-0.2, -0.15) is 5.10 Å². The third kappa shape index (κ3) is 3.11. The van der Waals surface area contributed by atoms with Gasteiger partial charge in [-0.25, -0.2) is 4.68 Å². The summed E-state index contributed by atoms with van der Waals surface area (Å²) < 4.78 is 1.90. The summed E-state index contributed by atoms with van der Waals surface area (Å²) in [6.07, 6.45) is 8.05. The van der Waals surface area contributed by atoms with Gasteiger partial charge < -0.3 is 0 Å². The molecular weight excluding hydrogens is 256 g/mol. The molecule has 0 fully saturated rings. The lowest BCUT2D eigenvalue weighted by atomic mass is 10.1. The van der Waals surface area contributed by atoms with E-state index in [0.29, 0.717) is 0 Å². The van der Waals surface area contributed by atoms with Gasteiger partial charge in [-0.1, -0.05) is 54.1 Å². The zero-order valence-electron chi connectivity index (χ0n) is 12.3. The topological polar surface area (TPSA) is 17.8 Å². The average molecular weight is 274 g/mol. The average Bonchev–Trinajstić information content (AvgIpc) is 3.02. The number of rotatable bonds is 3. The first-order valence-electron chi connectivity index (χ1n) is 7.08. The summed E-state index contributed by atoms with van der Waals surface area (Å²) in [4.78, 5) is 0. The molecule has 0 radical (unpaired) electrons. The van der Waals surface area contributed by atoms with Crippen molar-refractivity contribution in [2.75, 3.05) is 0 Å². The smallest absolute Gasteiger partial charge is 0.0720 e. The highest BCUT2D eigenvalue weighted by molar-refractivity contribution is 5.74. The Morgan fingerprint density at radius 1 is 0.905 bits per heavy atom. The Hall–Kier alpha value is -2.61. The number of aromatic nitrogens is 2. The molecule has 21 heavy (non-hydrogen) atoms. The summed E-state index contributed by atoms with van der Waals surface area (Å²) in [6.45, 7) is 4.20. The van der Waals surface area contributed by atoms with E-state index in [1.54, 1.807) is 6.20 Å². The van der Waals surface area contributed by atoms with Crippen LogP contribution in [0.3, 0.4) is 0 Å². The van der Waals surface area contributed by atoms with Crippen molar-refractivity contribution < 1.29 is 0 Å². The SMILES string of the molecule is Cc1ccc(/C=C/c2ccc(C)cc2-n2cccn2)cc1. The van der Waals surface area contributed by atoms with Gasteiger partial charge in [-0.15, -0.1) is 0 Å². The first-order chi connectivity index (χ1) is 10.2. The van der Waals surface area contributed by atoms with Gasteiger partial charge in [0, 0.05) is 18.0 Å². The number of aryl methyl sites for hydroxylation is 2. The van der Waals surface area contributed by atoms with Crippen molar-refractivity contribution in [2.24, 2.45) is 0 Å². The normalized spacial score (nSPS) is 11.1. The van der Waals surface area contributed by atoms with Crippen molar-refractivity contribution in [3.8, 4) is 5.69 Å². The maximum Gasteiger partial charge on any atom is 0.0720 e. The minimum Gasteiger partial charge on any atom is -0.240 e. The third-order valence-electron chi connectivity index (χ3n) is 3.47. The van der Waals surface area contributed by atoms with E-state index in [-0.39, 0.29) is 0 Å². The largest absolute Gasteiger partial charge is 0.240 e. The molecule has 0 spiro atoms. The standard InChI is InChI=1S/C19H18N2/c1-15-4-7-17(8-5-15)9-11-18-10-6-16(2)14-19(18)21-13-3-12-20-21/h3-14H,1-2H3/b11-9+. The van der Waals surface area contributed by atoms with Crippen LogP contribution >= 0.6 is 0 Å². The van der Waals surface area contributed by atoms with Gasteiger partial charge in [0.1, 0.15) is 0 Å². The highest BCUT2D eigenvalue weighted by atomic mass is 15.3. The highest BCUT2D eigenvalue weighted by Gasteiger charge is 2.02. The van der Waals surface area contributed by atoms with Crippen LogP contribution in [0.25, 0.3) is 17.8 Å². The van der Waals surface area contributed by atoms with Crippen molar-refractivity contribution >= 4 is 12.2 Å². The van der Waals surface area contributed by atoms with Crippen LogP contribution in [0.1, 0.15) is 22.3 Å². The lowest BCUT2D eigenvalue weighted by Gasteiger charge is -2.07. The molecule has 0 aliphatic rings. The molecule has 3 aromatic rings. The van der Waals surface area contributed by atoms with E-state index >= 15 is 0 Å². The predicted molar refractivity (Wildman–Crippen MR) is 88.4 cm³/mol. The molecule has 0 unspecified atom stereocenters. The summed E-state index contributed by atoms with van der Waals surface area (Å²) >= 11 is 0. The predicted octanol–water partition coefficient (Wildman–Crippen LogP) is 4.66. The van der Waals surface area contributed by atoms with E-state index in [4.69, 9.17) is 0 Å². The molecule has 1 heterocycles. The lowest BCUT2D eigenvalue weighted by molar-refractivity contribution is 0.877. The molecule has 0 bridgehead atoms. The molecule has 2 nitrogen and oxygen atoms in total. The van der Waals surface area contributed by atoms with Gasteiger partial charge in [-0.3, -0.25) is 0 Å². The fourth-order valence-corrected chi connectivity index (χ4v) is 2.27. The van der Waals surface area contributed by atoms with Crippen LogP contribution in [-0.2, 0) is 0 Å². The van der Waals surface area contributed by atoms with E-state index < -0.39 is 0 Å². The fraction of sp³-hybridized carbons (Fsp3) is 0.105. The first kappa shape index (κ1) is 13.4. The Morgan fingerprint density at radius 2 is 1.67 bits per heavy atom. The quantitative estimate of drug-likeness (QED) is 0.635. The number of nitrogens with zero attached hydrogens (tertiary/aromatic N) is 2. The molecule has 2 heteroatoms. The molecule has 104 valence electrons. The number of hydrogen-bond donors (Lipinski definition) is 0.